The van der Waals surface area contributed by atoms with Crippen molar-refractivity contribution in [2.75, 3.05) is 5.32 Å². The Morgan fingerprint density at radius 3 is 2.47 bits per heavy atom. The molecule has 0 saturated carbocycles. The number of nitrogens with zero attached hydrogens (tertiary/aromatic N) is 3. The van der Waals surface area contributed by atoms with Gasteiger partial charge >= 0.3 is 0 Å². The summed E-state index contributed by atoms with van der Waals surface area (Å²) in [4.78, 5) is 12.8. The van der Waals surface area contributed by atoms with Crippen molar-refractivity contribution in [3.8, 4) is 11.3 Å². The lowest BCUT2D eigenvalue weighted by atomic mass is 10.1. The highest BCUT2D eigenvalue weighted by atomic mass is 35.5. The summed E-state index contributed by atoms with van der Waals surface area (Å²) < 4.78 is 1.90. The molecule has 0 bridgehead atoms. The van der Waals surface area contributed by atoms with Gasteiger partial charge in [0.2, 0.25) is 0 Å². The number of aromatic nitrogens is 4. The van der Waals surface area contributed by atoms with Crippen LogP contribution in [0.25, 0.3) is 11.3 Å². The van der Waals surface area contributed by atoms with Crippen molar-refractivity contribution < 1.29 is 4.79 Å². The van der Waals surface area contributed by atoms with E-state index in [2.05, 4.69) is 51.8 Å². The fourth-order valence-corrected chi connectivity index (χ4v) is 3.41. The monoisotopic (exact) mass is 419 g/mol. The SMILES string of the molecule is Cc1ccc(Cn2nc(C)c(NC(=O)c3cc(-c4ccc(Cl)cc4)n[nH]3)c2C)cc1. The van der Waals surface area contributed by atoms with Gasteiger partial charge in [-0.25, -0.2) is 0 Å². The van der Waals surface area contributed by atoms with Gasteiger partial charge in [-0.3, -0.25) is 14.6 Å². The summed E-state index contributed by atoms with van der Waals surface area (Å²) in [5.41, 5.74) is 6.71. The second-order valence-electron chi connectivity index (χ2n) is 7.32. The van der Waals surface area contributed by atoms with Crippen LogP contribution in [0.3, 0.4) is 0 Å². The zero-order valence-electron chi connectivity index (χ0n) is 17.0. The van der Waals surface area contributed by atoms with E-state index in [4.69, 9.17) is 11.6 Å². The van der Waals surface area contributed by atoms with Gasteiger partial charge in [0.25, 0.3) is 5.91 Å². The van der Waals surface area contributed by atoms with Crippen LogP contribution in [0.4, 0.5) is 5.69 Å². The maximum Gasteiger partial charge on any atom is 0.273 e. The molecule has 0 spiro atoms. The third kappa shape index (κ3) is 4.14. The molecule has 4 rings (SSSR count). The number of benzene rings is 2. The van der Waals surface area contributed by atoms with E-state index < -0.39 is 0 Å². The molecule has 0 saturated heterocycles. The first kappa shape index (κ1) is 19.9. The van der Waals surface area contributed by atoms with Crippen molar-refractivity contribution in [2.45, 2.75) is 27.3 Å². The van der Waals surface area contributed by atoms with Crippen LogP contribution in [0.15, 0.2) is 54.6 Å². The summed E-state index contributed by atoms with van der Waals surface area (Å²) in [6, 6.07) is 17.4. The van der Waals surface area contributed by atoms with E-state index in [1.54, 1.807) is 18.2 Å². The van der Waals surface area contributed by atoms with Crippen molar-refractivity contribution in [1.82, 2.24) is 20.0 Å². The molecular formula is C23H22ClN5O. The van der Waals surface area contributed by atoms with Crippen LogP contribution in [-0.2, 0) is 6.54 Å². The normalized spacial score (nSPS) is 10.9. The predicted molar refractivity (Wildman–Crippen MR) is 119 cm³/mol. The van der Waals surface area contributed by atoms with Crippen molar-refractivity contribution in [2.24, 2.45) is 0 Å². The van der Waals surface area contributed by atoms with E-state index in [1.165, 1.54) is 5.56 Å². The smallest absolute Gasteiger partial charge is 0.273 e. The molecule has 7 heteroatoms. The second kappa shape index (κ2) is 8.16. The Morgan fingerprint density at radius 1 is 1.07 bits per heavy atom. The number of aromatic amines is 1. The maximum absolute atomic E-state index is 12.8. The lowest BCUT2D eigenvalue weighted by Gasteiger charge is -2.07. The summed E-state index contributed by atoms with van der Waals surface area (Å²) in [6.07, 6.45) is 0. The molecule has 2 aromatic heterocycles. The number of carbonyl (C=O) groups excluding carboxylic acids is 1. The van der Waals surface area contributed by atoms with Gasteiger partial charge in [-0.05, 0) is 44.5 Å². The summed E-state index contributed by atoms with van der Waals surface area (Å²) in [5, 5.41) is 15.3. The topological polar surface area (TPSA) is 75.6 Å². The Balaban J connectivity index is 1.51. The minimum atomic E-state index is -0.260. The molecule has 6 nitrogen and oxygen atoms in total. The third-order valence-corrected chi connectivity index (χ3v) is 5.29. The van der Waals surface area contributed by atoms with Crippen LogP contribution in [0.1, 0.15) is 33.0 Å². The standard InChI is InChI=1S/C23H22ClN5O/c1-14-4-6-17(7-5-14)13-29-16(3)22(15(2)28-29)25-23(30)21-12-20(26-27-21)18-8-10-19(24)11-9-18/h4-12H,13H2,1-3H3,(H,25,30)(H,26,27). The first-order chi connectivity index (χ1) is 14.4. The van der Waals surface area contributed by atoms with Crippen LogP contribution in [-0.4, -0.2) is 25.9 Å². The number of halogens is 1. The number of amides is 1. The molecule has 0 unspecified atom stereocenters. The molecule has 30 heavy (non-hydrogen) atoms. The van der Waals surface area contributed by atoms with Crippen LogP contribution in [0, 0.1) is 20.8 Å². The molecule has 1 amide bonds. The van der Waals surface area contributed by atoms with Crippen molar-refractivity contribution in [1.29, 1.82) is 0 Å². The van der Waals surface area contributed by atoms with Crippen molar-refractivity contribution in [3.63, 3.8) is 0 Å². The first-order valence-electron chi connectivity index (χ1n) is 9.63. The molecule has 0 aliphatic heterocycles. The minimum absolute atomic E-state index is 0.260. The second-order valence-corrected chi connectivity index (χ2v) is 7.75. The lowest BCUT2D eigenvalue weighted by Crippen LogP contribution is -2.14. The van der Waals surface area contributed by atoms with E-state index in [-0.39, 0.29) is 5.91 Å². The molecule has 152 valence electrons. The first-order valence-corrected chi connectivity index (χ1v) is 10.0. The van der Waals surface area contributed by atoms with Gasteiger partial charge < -0.3 is 5.32 Å². The zero-order valence-corrected chi connectivity index (χ0v) is 17.8. The number of rotatable bonds is 5. The van der Waals surface area contributed by atoms with Gasteiger partial charge in [0.1, 0.15) is 5.69 Å². The van der Waals surface area contributed by atoms with Crippen molar-refractivity contribution in [3.05, 3.63) is 87.8 Å². The number of hydrogen-bond donors (Lipinski definition) is 2. The van der Waals surface area contributed by atoms with Crippen LogP contribution in [0.5, 0.6) is 0 Å². The summed E-state index contributed by atoms with van der Waals surface area (Å²) in [6.45, 7) is 6.55. The van der Waals surface area contributed by atoms with E-state index in [0.29, 0.717) is 23.0 Å². The summed E-state index contributed by atoms with van der Waals surface area (Å²) >= 11 is 5.93. The van der Waals surface area contributed by atoms with Crippen LogP contribution in [0.2, 0.25) is 5.02 Å². The number of aryl methyl sites for hydroxylation is 2. The summed E-state index contributed by atoms with van der Waals surface area (Å²) in [7, 11) is 0. The van der Waals surface area contributed by atoms with Crippen molar-refractivity contribution >= 4 is 23.2 Å². The fourth-order valence-electron chi connectivity index (χ4n) is 3.29. The lowest BCUT2D eigenvalue weighted by molar-refractivity contribution is 0.102. The molecule has 0 atom stereocenters. The van der Waals surface area contributed by atoms with E-state index in [0.717, 1.165) is 28.2 Å². The maximum atomic E-state index is 12.8. The number of anilines is 1. The van der Waals surface area contributed by atoms with E-state index in [9.17, 15) is 4.79 Å². The van der Waals surface area contributed by atoms with Gasteiger partial charge in [0.05, 0.1) is 29.3 Å². The number of hydrogen-bond acceptors (Lipinski definition) is 3. The predicted octanol–water partition coefficient (Wildman–Crippen LogP) is 5.15. The fraction of sp³-hybridized carbons (Fsp3) is 0.174. The Hall–Kier alpha value is -3.38. The highest BCUT2D eigenvalue weighted by Gasteiger charge is 2.17. The molecule has 2 heterocycles. The molecule has 0 radical (unpaired) electrons. The molecular weight excluding hydrogens is 398 g/mol. The molecule has 2 N–H and O–H groups in total. The molecule has 4 aromatic rings. The highest BCUT2D eigenvalue weighted by molar-refractivity contribution is 6.30. The van der Waals surface area contributed by atoms with E-state index in [1.807, 2.05) is 30.7 Å². The summed E-state index contributed by atoms with van der Waals surface area (Å²) in [5.74, 6) is -0.260. The quantitative estimate of drug-likeness (QED) is 0.469. The molecule has 2 aromatic carbocycles. The Morgan fingerprint density at radius 2 is 1.77 bits per heavy atom. The largest absolute Gasteiger partial charge is 0.318 e. The molecule has 0 fully saturated rings. The highest BCUT2D eigenvalue weighted by Crippen LogP contribution is 2.23. The average molecular weight is 420 g/mol. The molecule has 0 aliphatic carbocycles. The van der Waals surface area contributed by atoms with Crippen LogP contribution < -0.4 is 5.32 Å². The minimum Gasteiger partial charge on any atom is -0.318 e. The van der Waals surface area contributed by atoms with Gasteiger partial charge in [-0.2, -0.15) is 10.2 Å². The van der Waals surface area contributed by atoms with Gasteiger partial charge in [-0.15, -0.1) is 0 Å². The van der Waals surface area contributed by atoms with Gasteiger partial charge in [0.15, 0.2) is 0 Å². The van der Waals surface area contributed by atoms with Gasteiger partial charge in [0, 0.05) is 10.6 Å². The number of carbonyl (C=O) groups is 1. The third-order valence-electron chi connectivity index (χ3n) is 5.04. The Kier molecular flexibility index (Phi) is 5.42. The van der Waals surface area contributed by atoms with Crippen LogP contribution >= 0.6 is 11.6 Å². The molecule has 0 aliphatic rings. The average Bonchev–Trinajstić information content (AvgIpc) is 3.32. The zero-order chi connectivity index (χ0) is 21.3. The number of H-pyrrole nitrogens is 1. The number of nitrogens with one attached hydrogen (secondary N) is 2. The Bertz CT molecular complexity index is 1190. The Labute approximate surface area is 179 Å². The van der Waals surface area contributed by atoms with E-state index >= 15 is 0 Å². The van der Waals surface area contributed by atoms with Gasteiger partial charge in [-0.1, -0.05) is 53.6 Å².